The van der Waals surface area contributed by atoms with E-state index in [-0.39, 0.29) is 0 Å². The zero-order chi connectivity index (χ0) is 15.1. The number of hydrogen-bond donors (Lipinski definition) is 1. The van der Waals surface area contributed by atoms with Crippen molar-refractivity contribution in [1.29, 1.82) is 0 Å². The molecule has 0 spiro atoms. The van der Waals surface area contributed by atoms with Crippen LogP contribution in [0.15, 0.2) is 34.9 Å². The summed E-state index contributed by atoms with van der Waals surface area (Å²) in [4.78, 5) is 4.37. The van der Waals surface area contributed by atoms with Gasteiger partial charge in [-0.2, -0.15) is 0 Å². The molecule has 0 amide bonds. The van der Waals surface area contributed by atoms with Crippen molar-refractivity contribution in [1.82, 2.24) is 10.3 Å². The van der Waals surface area contributed by atoms with Gasteiger partial charge in [0.05, 0.1) is 6.20 Å². The van der Waals surface area contributed by atoms with Crippen molar-refractivity contribution in [3.05, 3.63) is 41.9 Å². The van der Waals surface area contributed by atoms with E-state index in [4.69, 9.17) is 4.42 Å². The van der Waals surface area contributed by atoms with Gasteiger partial charge in [0.2, 0.25) is 0 Å². The first kappa shape index (κ1) is 15.8. The van der Waals surface area contributed by atoms with E-state index in [0.717, 1.165) is 49.6 Å². The monoisotopic (exact) mass is 286 g/mol. The molecule has 0 saturated heterocycles. The number of rotatable bonds is 8. The third-order valence-corrected chi connectivity index (χ3v) is 3.50. The van der Waals surface area contributed by atoms with Gasteiger partial charge in [-0.3, -0.25) is 0 Å². The summed E-state index contributed by atoms with van der Waals surface area (Å²) in [5, 5.41) is 3.44. The first-order valence-electron chi connectivity index (χ1n) is 7.93. The smallest absolute Gasteiger partial charge is 0.194 e. The molecule has 0 aliphatic carbocycles. The molecular weight excluding hydrogens is 260 g/mol. The van der Waals surface area contributed by atoms with Crippen LogP contribution in [0.25, 0.3) is 11.3 Å². The van der Waals surface area contributed by atoms with Crippen LogP contribution in [0.4, 0.5) is 0 Å². The molecule has 0 unspecified atom stereocenters. The lowest BCUT2D eigenvalue weighted by atomic mass is 10.1. The van der Waals surface area contributed by atoms with Gasteiger partial charge in [0.15, 0.2) is 11.7 Å². The lowest BCUT2D eigenvalue weighted by Gasteiger charge is -2.05. The number of hydrogen-bond acceptors (Lipinski definition) is 3. The van der Waals surface area contributed by atoms with E-state index >= 15 is 0 Å². The maximum atomic E-state index is 5.83. The number of aryl methyl sites for hydroxylation is 2. The molecule has 3 nitrogen and oxygen atoms in total. The Kier molecular flexibility index (Phi) is 6.00. The molecule has 3 heteroatoms. The summed E-state index contributed by atoms with van der Waals surface area (Å²) in [6, 6.07) is 8.50. The minimum absolute atomic E-state index is 0.699. The van der Waals surface area contributed by atoms with Gasteiger partial charge in [-0.05, 0) is 37.4 Å². The Morgan fingerprint density at radius 3 is 2.62 bits per heavy atom. The average Bonchev–Trinajstić information content (AvgIpc) is 2.95. The van der Waals surface area contributed by atoms with Gasteiger partial charge >= 0.3 is 0 Å². The molecule has 1 N–H and O–H groups in total. The highest BCUT2D eigenvalue weighted by atomic mass is 16.4. The van der Waals surface area contributed by atoms with Gasteiger partial charge in [-0.15, -0.1) is 0 Å². The Hall–Kier alpha value is -1.61. The molecule has 1 heterocycles. The van der Waals surface area contributed by atoms with Crippen molar-refractivity contribution < 1.29 is 4.42 Å². The van der Waals surface area contributed by atoms with Gasteiger partial charge < -0.3 is 9.73 Å². The summed E-state index contributed by atoms with van der Waals surface area (Å²) in [5.41, 5.74) is 2.44. The fourth-order valence-corrected chi connectivity index (χ4v) is 2.22. The van der Waals surface area contributed by atoms with Crippen LogP contribution in [-0.2, 0) is 12.8 Å². The molecule has 1 aromatic carbocycles. The predicted molar refractivity (Wildman–Crippen MR) is 87.3 cm³/mol. The van der Waals surface area contributed by atoms with E-state index in [1.54, 1.807) is 0 Å². The summed E-state index contributed by atoms with van der Waals surface area (Å²) < 4.78 is 5.83. The molecule has 2 rings (SSSR count). The van der Waals surface area contributed by atoms with E-state index < -0.39 is 0 Å². The third kappa shape index (κ3) is 5.01. The summed E-state index contributed by atoms with van der Waals surface area (Å²) >= 11 is 0. The molecule has 2 aromatic rings. The van der Waals surface area contributed by atoms with Crippen molar-refractivity contribution in [2.75, 3.05) is 13.1 Å². The number of oxazole rings is 1. The summed E-state index contributed by atoms with van der Waals surface area (Å²) in [6.07, 6.45) is 4.84. The maximum absolute atomic E-state index is 5.83. The van der Waals surface area contributed by atoms with Gasteiger partial charge in [0, 0.05) is 12.0 Å². The molecule has 1 aromatic heterocycles. The van der Waals surface area contributed by atoms with Crippen molar-refractivity contribution in [3.63, 3.8) is 0 Å². The van der Waals surface area contributed by atoms with E-state index in [9.17, 15) is 0 Å². The van der Waals surface area contributed by atoms with Crippen LogP contribution in [0, 0.1) is 5.92 Å². The van der Waals surface area contributed by atoms with E-state index in [0.29, 0.717) is 5.92 Å². The van der Waals surface area contributed by atoms with E-state index in [2.05, 4.69) is 55.3 Å². The summed E-state index contributed by atoms with van der Waals surface area (Å²) in [6.45, 7) is 8.69. The zero-order valence-corrected chi connectivity index (χ0v) is 13.4. The Balaban J connectivity index is 1.83. The first-order chi connectivity index (χ1) is 10.2. The number of benzene rings is 1. The largest absolute Gasteiger partial charge is 0.441 e. The molecule has 0 saturated carbocycles. The van der Waals surface area contributed by atoms with Crippen molar-refractivity contribution in [2.24, 2.45) is 5.92 Å². The molecule has 0 aliphatic rings. The van der Waals surface area contributed by atoms with E-state index in [1.165, 1.54) is 5.56 Å². The van der Waals surface area contributed by atoms with E-state index in [1.807, 2.05) is 6.20 Å². The zero-order valence-electron chi connectivity index (χ0n) is 13.4. The lowest BCUT2D eigenvalue weighted by Crippen LogP contribution is -2.21. The molecule has 0 radical (unpaired) electrons. The highest BCUT2D eigenvalue weighted by Crippen LogP contribution is 2.21. The highest BCUT2D eigenvalue weighted by Gasteiger charge is 2.06. The van der Waals surface area contributed by atoms with Crippen LogP contribution in [0.2, 0.25) is 0 Å². The van der Waals surface area contributed by atoms with Gasteiger partial charge in [0.25, 0.3) is 0 Å². The molecular formula is C18H26N2O. The highest BCUT2D eigenvalue weighted by molar-refractivity contribution is 5.56. The summed E-state index contributed by atoms with van der Waals surface area (Å²) in [5.74, 6) is 2.39. The molecule has 0 bridgehead atoms. The molecule has 114 valence electrons. The lowest BCUT2D eigenvalue weighted by molar-refractivity contribution is 0.483. The van der Waals surface area contributed by atoms with Crippen LogP contribution in [0.1, 0.15) is 38.6 Å². The number of nitrogens with one attached hydrogen (secondary N) is 1. The SMILES string of the molecule is CCc1ccc(-c2cnc(CCCNCC(C)C)o2)cc1. The van der Waals surface area contributed by atoms with Gasteiger partial charge in [-0.1, -0.05) is 45.0 Å². The minimum Gasteiger partial charge on any atom is -0.441 e. The van der Waals surface area contributed by atoms with Gasteiger partial charge in [-0.25, -0.2) is 4.98 Å². The second-order valence-corrected chi connectivity index (χ2v) is 5.87. The fraction of sp³-hybridized carbons (Fsp3) is 0.500. The Morgan fingerprint density at radius 2 is 1.95 bits per heavy atom. The first-order valence-corrected chi connectivity index (χ1v) is 7.93. The van der Waals surface area contributed by atoms with Crippen LogP contribution in [0.3, 0.4) is 0 Å². The minimum atomic E-state index is 0.699. The Bertz CT molecular complexity index is 528. The fourth-order valence-electron chi connectivity index (χ4n) is 2.22. The van der Waals surface area contributed by atoms with Crippen molar-refractivity contribution >= 4 is 0 Å². The second-order valence-electron chi connectivity index (χ2n) is 5.87. The summed E-state index contributed by atoms with van der Waals surface area (Å²) in [7, 11) is 0. The standard InChI is InChI=1S/C18H26N2O/c1-4-15-7-9-16(10-8-15)17-13-20-18(21-17)6-5-11-19-12-14(2)3/h7-10,13-14,19H,4-6,11-12H2,1-3H3. The van der Waals surface area contributed by atoms with Crippen LogP contribution in [-0.4, -0.2) is 18.1 Å². The van der Waals surface area contributed by atoms with Crippen LogP contribution in [0.5, 0.6) is 0 Å². The maximum Gasteiger partial charge on any atom is 0.194 e. The number of nitrogens with zero attached hydrogens (tertiary/aromatic N) is 1. The molecule has 21 heavy (non-hydrogen) atoms. The molecule has 0 aliphatic heterocycles. The average molecular weight is 286 g/mol. The molecule has 0 fully saturated rings. The third-order valence-electron chi connectivity index (χ3n) is 3.50. The van der Waals surface area contributed by atoms with Crippen LogP contribution < -0.4 is 5.32 Å². The topological polar surface area (TPSA) is 38.1 Å². The van der Waals surface area contributed by atoms with Crippen molar-refractivity contribution in [2.45, 2.75) is 40.0 Å². The van der Waals surface area contributed by atoms with Crippen LogP contribution >= 0.6 is 0 Å². The van der Waals surface area contributed by atoms with Crippen molar-refractivity contribution in [3.8, 4) is 11.3 Å². The Labute approximate surface area is 127 Å². The second kappa shape index (κ2) is 7.99. The number of aromatic nitrogens is 1. The normalized spacial score (nSPS) is 11.2. The molecule has 0 atom stereocenters. The van der Waals surface area contributed by atoms with Gasteiger partial charge in [0.1, 0.15) is 0 Å². The quantitative estimate of drug-likeness (QED) is 0.743. The Morgan fingerprint density at radius 1 is 1.19 bits per heavy atom. The predicted octanol–water partition coefficient (Wildman–Crippen LogP) is 4.08.